The van der Waals surface area contributed by atoms with Gasteiger partial charge in [-0.3, -0.25) is 0 Å². The van der Waals surface area contributed by atoms with Gasteiger partial charge in [-0.25, -0.2) is 4.39 Å². The molecule has 0 unspecified atom stereocenters. The quantitative estimate of drug-likeness (QED) is 0.534. The molecule has 0 amide bonds. The Morgan fingerprint density at radius 3 is 1.86 bits per heavy atom. The number of aryl methyl sites for hydroxylation is 1. The van der Waals surface area contributed by atoms with Crippen LogP contribution in [0.25, 0.3) is 22.3 Å². The average molecular weight is 297 g/mol. The van der Waals surface area contributed by atoms with E-state index in [4.69, 9.17) is 11.6 Å². The number of hydrogen-bond acceptors (Lipinski definition) is 0. The van der Waals surface area contributed by atoms with Gasteiger partial charge in [-0.1, -0.05) is 72.3 Å². The molecule has 0 aromatic heterocycles. The van der Waals surface area contributed by atoms with Crippen LogP contribution in [0.15, 0.2) is 66.7 Å². The lowest BCUT2D eigenvalue weighted by atomic mass is 9.95. The Labute approximate surface area is 128 Å². The van der Waals surface area contributed by atoms with Crippen LogP contribution in [-0.2, 0) is 0 Å². The highest BCUT2D eigenvalue weighted by Crippen LogP contribution is 2.35. The van der Waals surface area contributed by atoms with Gasteiger partial charge in [0.15, 0.2) is 0 Å². The van der Waals surface area contributed by atoms with Crippen molar-refractivity contribution in [2.75, 3.05) is 0 Å². The minimum atomic E-state index is -0.236. The molecular weight excluding hydrogens is 283 g/mol. The Bertz CT molecular complexity index is 729. The van der Waals surface area contributed by atoms with Crippen molar-refractivity contribution < 1.29 is 4.39 Å². The highest BCUT2D eigenvalue weighted by molar-refractivity contribution is 6.33. The third kappa shape index (κ3) is 2.57. The fourth-order valence-electron chi connectivity index (χ4n) is 2.50. The molecule has 2 heteroatoms. The number of benzene rings is 3. The van der Waals surface area contributed by atoms with Gasteiger partial charge in [-0.05, 0) is 24.1 Å². The largest absolute Gasteiger partial charge is 0.206 e. The maximum Gasteiger partial charge on any atom is 0.138 e. The zero-order valence-electron chi connectivity index (χ0n) is 11.6. The SMILES string of the molecule is Cc1ccccc1-c1cccc(-c2ccccc2Cl)c1F. The molecule has 0 N–H and O–H groups in total. The summed E-state index contributed by atoms with van der Waals surface area (Å²) in [6.45, 7) is 1.98. The van der Waals surface area contributed by atoms with Gasteiger partial charge >= 0.3 is 0 Å². The average Bonchev–Trinajstić information content (AvgIpc) is 2.49. The maximum absolute atomic E-state index is 14.9. The van der Waals surface area contributed by atoms with Gasteiger partial charge in [0.05, 0.1) is 0 Å². The van der Waals surface area contributed by atoms with Crippen molar-refractivity contribution in [2.45, 2.75) is 6.92 Å². The molecule has 0 nitrogen and oxygen atoms in total. The fourth-order valence-corrected chi connectivity index (χ4v) is 2.74. The maximum atomic E-state index is 14.9. The van der Waals surface area contributed by atoms with E-state index < -0.39 is 0 Å². The zero-order valence-corrected chi connectivity index (χ0v) is 12.4. The summed E-state index contributed by atoms with van der Waals surface area (Å²) in [7, 11) is 0. The van der Waals surface area contributed by atoms with Crippen LogP contribution in [0, 0.1) is 12.7 Å². The van der Waals surface area contributed by atoms with Crippen molar-refractivity contribution in [2.24, 2.45) is 0 Å². The lowest BCUT2D eigenvalue weighted by Gasteiger charge is -2.11. The fraction of sp³-hybridized carbons (Fsp3) is 0.0526. The molecule has 0 fully saturated rings. The topological polar surface area (TPSA) is 0 Å². The van der Waals surface area contributed by atoms with E-state index in [0.717, 1.165) is 11.1 Å². The normalized spacial score (nSPS) is 10.6. The van der Waals surface area contributed by atoms with Gasteiger partial charge in [0, 0.05) is 21.7 Å². The van der Waals surface area contributed by atoms with Crippen LogP contribution >= 0.6 is 11.6 Å². The lowest BCUT2D eigenvalue weighted by Crippen LogP contribution is -1.91. The summed E-state index contributed by atoms with van der Waals surface area (Å²) in [5.74, 6) is -0.236. The number of rotatable bonds is 2. The highest BCUT2D eigenvalue weighted by atomic mass is 35.5. The molecule has 0 aliphatic heterocycles. The first-order valence-corrected chi connectivity index (χ1v) is 7.15. The minimum absolute atomic E-state index is 0.236. The van der Waals surface area contributed by atoms with Crippen LogP contribution in [0.1, 0.15) is 5.56 Å². The van der Waals surface area contributed by atoms with E-state index in [9.17, 15) is 4.39 Å². The van der Waals surface area contributed by atoms with Crippen LogP contribution < -0.4 is 0 Å². The molecule has 0 radical (unpaired) electrons. The first-order chi connectivity index (χ1) is 10.2. The molecule has 3 rings (SSSR count). The summed E-state index contributed by atoms with van der Waals surface area (Å²) in [6, 6.07) is 20.5. The van der Waals surface area contributed by atoms with Crippen molar-refractivity contribution in [3.63, 3.8) is 0 Å². The van der Waals surface area contributed by atoms with E-state index in [2.05, 4.69) is 0 Å². The summed E-state index contributed by atoms with van der Waals surface area (Å²) < 4.78 is 14.9. The summed E-state index contributed by atoms with van der Waals surface area (Å²) in [6.07, 6.45) is 0. The van der Waals surface area contributed by atoms with E-state index in [1.54, 1.807) is 18.2 Å². The summed E-state index contributed by atoms with van der Waals surface area (Å²) in [5.41, 5.74) is 3.80. The Hall–Kier alpha value is -2.12. The lowest BCUT2D eigenvalue weighted by molar-refractivity contribution is 0.634. The van der Waals surface area contributed by atoms with E-state index in [1.807, 2.05) is 55.5 Å². The predicted molar refractivity (Wildman–Crippen MR) is 87.0 cm³/mol. The Morgan fingerprint density at radius 1 is 0.667 bits per heavy atom. The molecule has 21 heavy (non-hydrogen) atoms. The molecule has 0 aliphatic carbocycles. The van der Waals surface area contributed by atoms with E-state index in [1.165, 1.54) is 0 Å². The predicted octanol–water partition coefficient (Wildman–Crippen LogP) is 6.12. The van der Waals surface area contributed by atoms with Crippen molar-refractivity contribution >= 4 is 11.6 Å². The third-order valence-corrected chi connectivity index (χ3v) is 3.93. The Morgan fingerprint density at radius 2 is 1.19 bits per heavy atom. The second-order valence-corrected chi connectivity index (χ2v) is 5.37. The third-order valence-electron chi connectivity index (χ3n) is 3.60. The van der Waals surface area contributed by atoms with Crippen LogP contribution in [-0.4, -0.2) is 0 Å². The second-order valence-electron chi connectivity index (χ2n) is 4.96. The molecule has 0 heterocycles. The van der Waals surface area contributed by atoms with Crippen LogP contribution in [0.4, 0.5) is 4.39 Å². The van der Waals surface area contributed by atoms with Crippen molar-refractivity contribution in [3.05, 3.63) is 83.1 Å². The van der Waals surface area contributed by atoms with Gasteiger partial charge < -0.3 is 0 Å². The molecule has 0 saturated carbocycles. The second kappa shape index (κ2) is 5.71. The minimum Gasteiger partial charge on any atom is -0.206 e. The van der Waals surface area contributed by atoms with Gasteiger partial charge in [0.1, 0.15) is 5.82 Å². The molecule has 3 aromatic carbocycles. The number of halogens is 2. The molecule has 0 atom stereocenters. The monoisotopic (exact) mass is 296 g/mol. The molecular formula is C19H14ClF. The summed E-state index contributed by atoms with van der Waals surface area (Å²) >= 11 is 6.19. The van der Waals surface area contributed by atoms with Gasteiger partial charge in [0.25, 0.3) is 0 Å². The van der Waals surface area contributed by atoms with Crippen molar-refractivity contribution in [1.82, 2.24) is 0 Å². The first kappa shape index (κ1) is 13.8. The van der Waals surface area contributed by atoms with Crippen LogP contribution in [0.3, 0.4) is 0 Å². The van der Waals surface area contributed by atoms with Gasteiger partial charge in [-0.15, -0.1) is 0 Å². The molecule has 0 spiro atoms. The van der Waals surface area contributed by atoms with Crippen molar-refractivity contribution in [1.29, 1.82) is 0 Å². The smallest absolute Gasteiger partial charge is 0.138 e. The molecule has 0 aliphatic rings. The molecule has 104 valence electrons. The molecule has 0 bridgehead atoms. The first-order valence-electron chi connectivity index (χ1n) is 6.78. The van der Waals surface area contributed by atoms with E-state index in [0.29, 0.717) is 21.7 Å². The number of hydrogen-bond donors (Lipinski definition) is 0. The van der Waals surface area contributed by atoms with Crippen LogP contribution in [0.5, 0.6) is 0 Å². The van der Waals surface area contributed by atoms with Crippen molar-refractivity contribution in [3.8, 4) is 22.3 Å². The Balaban J connectivity index is 2.21. The zero-order chi connectivity index (χ0) is 14.8. The van der Waals surface area contributed by atoms with E-state index in [-0.39, 0.29) is 5.82 Å². The summed E-state index contributed by atoms with van der Waals surface area (Å²) in [4.78, 5) is 0. The van der Waals surface area contributed by atoms with E-state index >= 15 is 0 Å². The molecule has 0 saturated heterocycles. The Kier molecular flexibility index (Phi) is 3.76. The molecule has 3 aromatic rings. The van der Waals surface area contributed by atoms with Gasteiger partial charge in [0.2, 0.25) is 0 Å². The van der Waals surface area contributed by atoms with Crippen LogP contribution in [0.2, 0.25) is 5.02 Å². The highest BCUT2D eigenvalue weighted by Gasteiger charge is 2.14. The van der Waals surface area contributed by atoms with Gasteiger partial charge in [-0.2, -0.15) is 0 Å². The summed E-state index contributed by atoms with van der Waals surface area (Å²) in [5, 5.41) is 0.554. The standard InChI is InChI=1S/C19H14ClF/c1-13-7-2-3-8-14(13)16-10-6-11-17(19(16)21)15-9-4-5-12-18(15)20/h2-12H,1H3.